The van der Waals surface area contributed by atoms with Crippen LogP contribution in [0.1, 0.15) is 74.1 Å². The molecule has 0 radical (unpaired) electrons. The van der Waals surface area contributed by atoms with E-state index in [9.17, 15) is 9.59 Å². The van der Waals surface area contributed by atoms with Crippen LogP contribution >= 0.6 is 15.9 Å². The minimum atomic E-state index is -0.442. The number of furan rings is 1. The van der Waals surface area contributed by atoms with Crippen molar-refractivity contribution in [1.29, 1.82) is 0 Å². The van der Waals surface area contributed by atoms with Crippen LogP contribution in [0.3, 0.4) is 0 Å². The van der Waals surface area contributed by atoms with Crippen molar-refractivity contribution in [1.82, 2.24) is 0 Å². The maximum atomic E-state index is 12.8. The van der Waals surface area contributed by atoms with Crippen molar-refractivity contribution in [3.05, 3.63) is 70.1 Å². The number of ether oxygens (including phenoxy) is 2. The van der Waals surface area contributed by atoms with Crippen LogP contribution in [-0.4, -0.2) is 19.0 Å². The lowest BCUT2D eigenvalue weighted by Crippen LogP contribution is -2.53. The number of carbonyl (C=O) groups is 2. The second-order valence-corrected chi connectivity index (χ2v) is 11.5. The number of carbonyl (C=O) groups excluding carboxylic acids is 2. The lowest BCUT2D eigenvalue weighted by Gasteiger charge is -2.57. The zero-order valence-electron chi connectivity index (χ0n) is 20.9. The zero-order chi connectivity index (χ0) is 25.2. The molecule has 5 nitrogen and oxygen atoms in total. The SMILES string of the molecule is C=C1CCC2C(C)(C(=O)OC)CCCC2(C)C1CCc1ccoc1COC(=O)c1ccc(Br)cc1. The second kappa shape index (κ2) is 10.3. The first-order valence-corrected chi connectivity index (χ1v) is 13.2. The maximum Gasteiger partial charge on any atom is 0.338 e. The summed E-state index contributed by atoms with van der Waals surface area (Å²) < 4.78 is 17.4. The number of halogens is 1. The highest BCUT2D eigenvalue weighted by Crippen LogP contribution is 2.62. The highest BCUT2D eigenvalue weighted by molar-refractivity contribution is 9.10. The molecule has 0 amide bonds. The molecule has 0 N–H and O–H groups in total. The number of benzene rings is 1. The van der Waals surface area contributed by atoms with E-state index in [0.29, 0.717) is 17.2 Å². The predicted octanol–water partition coefficient (Wildman–Crippen LogP) is 7.28. The first-order valence-electron chi connectivity index (χ1n) is 12.4. The Morgan fingerprint density at radius 3 is 2.63 bits per heavy atom. The monoisotopic (exact) mass is 542 g/mol. The van der Waals surface area contributed by atoms with E-state index in [0.717, 1.165) is 55.0 Å². The lowest BCUT2D eigenvalue weighted by molar-refractivity contribution is -0.168. The van der Waals surface area contributed by atoms with Gasteiger partial charge in [-0.2, -0.15) is 0 Å². The molecule has 35 heavy (non-hydrogen) atoms. The third-order valence-electron chi connectivity index (χ3n) is 8.63. The summed E-state index contributed by atoms with van der Waals surface area (Å²) >= 11 is 3.37. The fourth-order valence-corrected chi connectivity index (χ4v) is 7.04. The Hall–Kier alpha value is -2.34. The third kappa shape index (κ3) is 5.00. The average molecular weight is 543 g/mol. The summed E-state index contributed by atoms with van der Waals surface area (Å²) in [6.07, 6.45) is 8.32. The van der Waals surface area contributed by atoms with Gasteiger partial charge in [-0.1, -0.05) is 41.4 Å². The van der Waals surface area contributed by atoms with Crippen LogP contribution in [0.2, 0.25) is 0 Å². The van der Waals surface area contributed by atoms with E-state index in [1.54, 1.807) is 18.4 Å². The molecule has 6 heteroatoms. The lowest BCUT2D eigenvalue weighted by atomic mass is 9.46. The zero-order valence-corrected chi connectivity index (χ0v) is 22.5. The van der Waals surface area contributed by atoms with E-state index < -0.39 is 5.41 Å². The molecular formula is C29H35BrO5. The molecule has 0 spiro atoms. The molecule has 1 aromatic carbocycles. The van der Waals surface area contributed by atoms with Crippen molar-refractivity contribution in [2.45, 2.75) is 65.4 Å². The van der Waals surface area contributed by atoms with E-state index in [-0.39, 0.29) is 29.9 Å². The second-order valence-electron chi connectivity index (χ2n) is 10.6. The van der Waals surface area contributed by atoms with Gasteiger partial charge in [0.05, 0.1) is 24.4 Å². The van der Waals surface area contributed by atoms with E-state index in [1.807, 2.05) is 18.2 Å². The average Bonchev–Trinajstić information content (AvgIpc) is 3.29. The summed E-state index contributed by atoms with van der Waals surface area (Å²) in [4.78, 5) is 25.2. The van der Waals surface area contributed by atoms with E-state index in [1.165, 1.54) is 12.7 Å². The van der Waals surface area contributed by atoms with Gasteiger partial charge in [0.15, 0.2) is 0 Å². The number of esters is 2. The molecule has 1 heterocycles. The van der Waals surface area contributed by atoms with Crippen LogP contribution in [-0.2, 0) is 27.3 Å². The van der Waals surface area contributed by atoms with Gasteiger partial charge in [0.2, 0.25) is 0 Å². The largest absolute Gasteiger partial charge is 0.469 e. The van der Waals surface area contributed by atoms with Gasteiger partial charge >= 0.3 is 11.9 Å². The molecule has 2 aromatic rings. The summed E-state index contributed by atoms with van der Waals surface area (Å²) in [6, 6.07) is 9.06. The van der Waals surface area contributed by atoms with Crippen molar-refractivity contribution in [2.24, 2.45) is 22.7 Å². The maximum absolute atomic E-state index is 12.8. The molecule has 2 fully saturated rings. The minimum absolute atomic E-state index is 0.00840. The fourth-order valence-electron chi connectivity index (χ4n) is 6.78. The number of hydrogen-bond donors (Lipinski definition) is 0. The first-order chi connectivity index (χ1) is 16.7. The number of methoxy groups -OCH3 is 1. The summed E-state index contributed by atoms with van der Waals surface area (Å²) in [5, 5.41) is 0. The van der Waals surface area contributed by atoms with Gasteiger partial charge in [-0.25, -0.2) is 4.79 Å². The molecule has 1 aromatic heterocycles. The Balaban J connectivity index is 1.44. The quantitative estimate of drug-likeness (QED) is 0.271. The normalized spacial score (nSPS) is 28.3. The van der Waals surface area contributed by atoms with Crippen LogP contribution < -0.4 is 0 Å². The highest BCUT2D eigenvalue weighted by Gasteiger charge is 2.57. The summed E-state index contributed by atoms with van der Waals surface area (Å²) in [6.45, 7) is 9.00. The molecular weight excluding hydrogens is 508 g/mol. The summed E-state index contributed by atoms with van der Waals surface area (Å²) in [5.41, 5.74) is 2.41. The van der Waals surface area contributed by atoms with Crippen LogP contribution in [0, 0.1) is 22.7 Å². The van der Waals surface area contributed by atoms with Gasteiger partial charge in [0.1, 0.15) is 12.4 Å². The van der Waals surface area contributed by atoms with E-state index in [2.05, 4.69) is 36.4 Å². The van der Waals surface area contributed by atoms with Crippen molar-refractivity contribution in [3.8, 4) is 0 Å². The molecule has 4 unspecified atom stereocenters. The molecule has 0 aliphatic heterocycles. The molecule has 0 bridgehead atoms. The van der Waals surface area contributed by atoms with Crippen molar-refractivity contribution >= 4 is 27.9 Å². The van der Waals surface area contributed by atoms with Gasteiger partial charge in [-0.05, 0) is 98.6 Å². The predicted molar refractivity (Wildman–Crippen MR) is 138 cm³/mol. The van der Waals surface area contributed by atoms with Crippen molar-refractivity contribution < 1.29 is 23.5 Å². The first kappa shape index (κ1) is 25.7. The van der Waals surface area contributed by atoms with E-state index >= 15 is 0 Å². The molecule has 4 rings (SSSR count). The minimum Gasteiger partial charge on any atom is -0.469 e. The number of fused-ring (bicyclic) bond motifs is 1. The van der Waals surface area contributed by atoms with E-state index in [4.69, 9.17) is 13.9 Å². The Labute approximate surface area is 216 Å². The number of allylic oxidation sites excluding steroid dienone is 1. The van der Waals surface area contributed by atoms with Gasteiger partial charge in [0, 0.05) is 4.47 Å². The number of rotatable bonds is 7. The smallest absolute Gasteiger partial charge is 0.338 e. The Kier molecular flexibility index (Phi) is 7.60. The standard InChI is InChI=1S/C29H35BrO5/c1-19-6-13-25-28(2,15-5-16-29(25,3)27(32)33-4)23(19)12-9-20-14-17-34-24(20)18-35-26(31)21-7-10-22(30)11-8-21/h7-8,10-11,14,17,23,25H,1,5-6,9,12-13,15-16,18H2,2-4H3. The molecule has 2 saturated carbocycles. The fraction of sp³-hybridized carbons (Fsp3) is 0.517. The van der Waals surface area contributed by atoms with Crippen LogP contribution in [0.5, 0.6) is 0 Å². The molecule has 188 valence electrons. The molecule has 2 aliphatic rings. The van der Waals surface area contributed by atoms with Gasteiger partial charge in [0.25, 0.3) is 0 Å². The summed E-state index contributed by atoms with van der Waals surface area (Å²) in [5.74, 6) is 0.826. The Morgan fingerprint density at radius 2 is 1.91 bits per heavy atom. The Morgan fingerprint density at radius 1 is 1.17 bits per heavy atom. The molecule has 4 atom stereocenters. The Bertz CT molecular complexity index is 1090. The van der Waals surface area contributed by atoms with Crippen LogP contribution in [0.4, 0.5) is 0 Å². The van der Waals surface area contributed by atoms with Crippen molar-refractivity contribution in [3.63, 3.8) is 0 Å². The van der Waals surface area contributed by atoms with Crippen LogP contribution in [0.15, 0.2) is 57.6 Å². The van der Waals surface area contributed by atoms with Gasteiger partial charge < -0.3 is 13.9 Å². The van der Waals surface area contributed by atoms with Gasteiger partial charge in [-0.3, -0.25) is 4.79 Å². The molecule has 0 saturated heterocycles. The highest BCUT2D eigenvalue weighted by atomic mass is 79.9. The third-order valence-corrected chi connectivity index (χ3v) is 9.15. The topological polar surface area (TPSA) is 65.7 Å². The number of hydrogen-bond acceptors (Lipinski definition) is 5. The molecule has 2 aliphatic carbocycles. The summed E-state index contributed by atoms with van der Waals surface area (Å²) in [7, 11) is 1.50. The number of aryl methyl sites for hydroxylation is 1. The van der Waals surface area contributed by atoms with Crippen molar-refractivity contribution in [2.75, 3.05) is 7.11 Å². The van der Waals surface area contributed by atoms with Gasteiger partial charge in [-0.15, -0.1) is 0 Å². The van der Waals surface area contributed by atoms with Crippen LogP contribution in [0.25, 0.3) is 0 Å².